The van der Waals surface area contributed by atoms with E-state index in [0.717, 1.165) is 25.7 Å². The van der Waals surface area contributed by atoms with Crippen LogP contribution in [0.3, 0.4) is 0 Å². The maximum absolute atomic E-state index is 12.3. The quantitative estimate of drug-likeness (QED) is 0.0579. The number of carbonyl (C=O) groups excluding carboxylic acids is 1. The summed E-state index contributed by atoms with van der Waals surface area (Å²) in [7, 11) is 0. The van der Waals surface area contributed by atoms with Gasteiger partial charge in [0.1, 0.15) is 0 Å². The van der Waals surface area contributed by atoms with Crippen LogP contribution in [0.25, 0.3) is 0 Å². The minimum Gasteiger partial charge on any atom is -0.394 e. The molecule has 3 unspecified atom stereocenters. The fourth-order valence-corrected chi connectivity index (χ4v) is 5.82. The van der Waals surface area contributed by atoms with Gasteiger partial charge in [-0.3, -0.25) is 4.79 Å². The highest BCUT2D eigenvalue weighted by Crippen LogP contribution is 2.16. The maximum atomic E-state index is 12.3. The van der Waals surface area contributed by atoms with E-state index >= 15 is 0 Å². The minimum atomic E-state index is -0.741. The number of aliphatic hydroxyl groups is 3. The molecule has 0 saturated heterocycles. The topological polar surface area (TPSA) is 89.8 Å². The number of hydrogen-bond donors (Lipinski definition) is 4. The standard InChI is InChI=1S/C36H73NO4/c1-3-5-7-9-11-13-14-15-16-17-18-19-20-21-22-24-26-28-30-35(40)34(32-38)37-36(41)31-33(39)29-27-25-23-12-10-8-6-4-2/h33-35,38-40H,3-32H2,1-2H3,(H,37,41). The second-order valence-corrected chi connectivity index (χ2v) is 12.8. The highest BCUT2D eigenvalue weighted by molar-refractivity contribution is 5.76. The smallest absolute Gasteiger partial charge is 0.222 e. The first-order valence-corrected chi connectivity index (χ1v) is 18.3. The van der Waals surface area contributed by atoms with Crippen LogP contribution < -0.4 is 5.32 Å². The molecule has 246 valence electrons. The minimum absolute atomic E-state index is 0.0406. The summed E-state index contributed by atoms with van der Waals surface area (Å²) >= 11 is 0. The van der Waals surface area contributed by atoms with E-state index in [1.165, 1.54) is 141 Å². The van der Waals surface area contributed by atoms with Gasteiger partial charge in [-0.05, 0) is 12.8 Å². The molecule has 0 rings (SSSR count). The van der Waals surface area contributed by atoms with Gasteiger partial charge in [0.2, 0.25) is 5.91 Å². The highest BCUT2D eigenvalue weighted by atomic mass is 16.3. The number of rotatable bonds is 33. The van der Waals surface area contributed by atoms with Crippen molar-refractivity contribution in [3.63, 3.8) is 0 Å². The van der Waals surface area contributed by atoms with E-state index in [-0.39, 0.29) is 18.9 Å². The lowest BCUT2D eigenvalue weighted by molar-refractivity contribution is -0.125. The van der Waals surface area contributed by atoms with Crippen LogP contribution in [0.5, 0.6) is 0 Å². The lowest BCUT2D eigenvalue weighted by atomic mass is 10.0. The zero-order chi connectivity index (χ0) is 30.2. The molecule has 0 aromatic heterocycles. The van der Waals surface area contributed by atoms with Crippen LogP contribution in [0, 0.1) is 0 Å². The molecule has 5 nitrogen and oxygen atoms in total. The average molecular weight is 584 g/mol. The highest BCUT2D eigenvalue weighted by Gasteiger charge is 2.21. The zero-order valence-corrected chi connectivity index (χ0v) is 27.7. The second-order valence-electron chi connectivity index (χ2n) is 12.8. The van der Waals surface area contributed by atoms with E-state index < -0.39 is 18.2 Å². The summed E-state index contributed by atoms with van der Waals surface area (Å²) in [5, 5.41) is 33.1. The lowest BCUT2D eigenvalue weighted by Gasteiger charge is -2.23. The number of hydrogen-bond acceptors (Lipinski definition) is 4. The Kier molecular flexibility index (Phi) is 31.8. The van der Waals surface area contributed by atoms with Gasteiger partial charge < -0.3 is 20.6 Å². The van der Waals surface area contributed by atoms with E-state index in [4.69, 9.17) is 0 Å². The maximum Gasteiger partial charge on any atom is 0.222 e. The molecule has 0 heterocycles. The molecule has 0 spiro atoms. The van der Waals surface area contributed by atoms with E-state index in [1.54, 1.807) is 0 Å². The Bertz CT molecular complexity index is 530. The van der Waals surface area contributed by atoms with Crippen LogP contribution in [0.15, 0.2) is 0 Å². The molecule has 5 heteroatoms. The van der Waals surface area contributed by atoms with E-state index in [0.29, 0.717) is 12.8 Å². The SMILES string of the molecule is CCCCCCCCCCCCCCCCCCCCC(O)C(CO)NC(=O)CC(O)CCCCCCCCCC. The summed E-state index contributed by atoms with van der Waals surface area (Å²) in [6.45, 7) is 4.23. The van der Waals surface area contributed by atoms with Gasteiger partial charge in [0.25, 0.3) is 0 Å². The Morgan fingerprint density at radius 2 is 0.829 bits per heavy atom. The van der Waals surface area contributed by atoms with Crippen molar-refractivity contribution in [2.45, 2.75) is 218 Å². The molecule has 0 aliphatic rings. The Morgan fingerprint density at radius 1 is 0.512 bits per heavy atom. The third-order valence-electron chi connectivity index (χ3n) is 8.67. The van der Waals surface area contributed by atoms with Crippen molar-refractivity contribution >= 4 is 5.91 Å². The monoisotopic (exact) mass is 584 g/mol. The summed E-state index contributed by atoms with van der Waals surface area (Å²) in [6.07, 6.45) is 33.5. The number of aliphatic hydroxyl groups excluding tert-OH is 3. The molecule has 0 aromatic rings. The molecule has 0 radical (unpaired) electrons. The van der Waals surface area contributed by atoms with Gasteiger partial charge in [0.05, 0.1) is 31.3 Å². The van der Waals surface area contributed by atoms with E-state index in [1.807, 2.05) is 0 Å². The normalized spacial score (nSPS) is 13.8. The van der Waals surface area contributed by atoms with Gasteiger partial charge in [-0.25, -0.2) is 0 Å². The first kappa shape index (κ1) is 40.4. The van der Waals surface area contributed by atoms with Crippen molar-refractivity contribution in [3.8, 4) is 0 Å². The third-order valence-corrected chi connectivity index (χ3v) is 8.67. The summed E-state index contributed by atoms with van der Waals surface area (Å²) in [6, 6.07) is -0.649. The van der Waals surface area contributed by atoms with Gasteiger partial charge in [-0.15, -0.1) is 0 Å². The number of carbonyl (C=O) groups is 1. The van der Waals surface area contributed by atoms with Crippen LogP contribution in [0.2, 0.25) is 0 Å². The van der Waals surface area contributed by atoms with Crippen molar-refractivity contribution in [2.75, 3.05) is 6.61 Å². The van der Waals surface area contributed by atoms with E-state index in [9.17, 15) is 20.1 Å². The fourth-order valence-electron chi connectivity index (χ4n) is 5.82. The van der Waals surface area contributed by atoms with Gasteiger partial charge in [0, 0.05) is 0 Å². The average Bonchev–Trinajstić information content (AvgIpc) is 2.96. The largest absolute Gasteiger partial charge is 0.394 e. The zero-order valence-electron chi connectivity index (χ0n) is 27.7. The summed E-state index contributed by atoms with van der Waals surface area (Å²) in [5.41, 5.74) is 0. The molecule has 0 aliphatic heterocycles. The summed E-state index contributed by atoms with van der Waals surface area (Å²) in [4.78, 5) is 12.3. The Balaban J connectivity index is 3.60. The van der Waals surface area contributed by atoms with Gasteiger partial charge in [-0.1, -0.05) is 181 Å². The number of unbranched alkanes of at least 4 members (excludes halogenated alkanes) is 24. The molecule has 41 heavy (non-hydrogen) atoms. The molecule has 1 amide bonds. The van der Waals surface area contributed by atoms with Crippen molar-refractivity contribution in [1.29, 1.82) is 0 Å². The summed E-state index contributed by atoms with van der Waals surface area (Å²) in [5.74, 6) is -0.284. The number of nitrogens with one attached hydrogen (secondary N) is 1. The van der Waals surface area contributed by atoms with Crippen LogP contribution in [-0.2, 0) is 4.79 Å². The van der Waals surface area contributed by atoms with Crippen molar-refractivity contribution in [3.05, 3.63) is 0 Å². The first-order valence-electron chi connectivity index (χ1n) is 18.3. The Morgan fingerprint density at radius 3 is 1.17 bits per heavy atom. The predicted molar refractivity (Wildman–Crippen MR) is 176 cm³/mol. The molecule has 4 N–H and O–H groups in total. The number of amides is 1. The molecule has 0 aliphatic carbocycles. The first-order chi connectivity index (χ1) is 20.0. The van der Waals surface area contributed by atoms with Crippen LogP contribution >= 0.6 is 0 Å². The molecule has 3 atom stereocenters. The van der Waals surface area contributed by atoms with Gasteiger partial charge in [0.15, 0.2) is 0 Å². The van der Waals surface area contributed by atoms with Crippen LogP contribution in [0.1, 0.15) is 200 Å². The molecular weight excluding hydrogens is 510 g/mol. The van der Waals surface area contributed by atoms with Gasteiger partial charge >= 0.3 is 0 Å². The van der Waals surface area contributed by atoms with Crippen molar-refractivity contribution in [2.24, 2.45) is 0 Å². The Labute approximate surface area is 256 Å². The van der Waals surface area contributed by atoms with E-state index in [2.05, 4.69) is 19.2 Å². The predicted octanol–water partition coefficient (Wildman–Crippen LogP) is 9.54. The lowest BCUT2D eigenvalue weighted by Crippen LogP contribution is -2.46. The Hall–Kier alpha value is -0.650. The molecule has 0 saturated carbocycles. The van der Waals surface area contributed by atoms with Crippen molar-refractivity contribution in [1.82, 2.24) is 5.32 Å². The summed E-state index contributed by atoms with van der Waals surface area (Å²) < 4.78 is 0. The molecular formula is C36H73NO4. The second kappa shape index (κ2) is 32.3. The van der Waals surface area contributed by atoms with Gasteiger partial charge in [-0.2, -0.15) is 0 Å². The third kappa shape index (κ3) is 29.2. The molecule has 0 fully saturated rings. The van der Waals surface area contributed by atoms with Crippen LogP contribution in [0.4, 0.5) is 0 Å². The van der Waals surface area contributed by atoms with Crippen LogP contribution in [-0.4, -0.2) is 46.1 Å². The molecule has 0 aromatic carbocycles. The fraction of sp³-hybridized carbons (Fsp3) is 0.972. The van der Waals surface area contributed by atoms with Crippen molar-refractivity contribution < 1.29 is 20.1 Å². The molecule has 0 bridgehead atoms.